The van der Waals surface area contributed by atoms with E-state index in [0.717, 1.165) is 36.6 Å². The minimum atomic E-state index is 0. The second-order valence-electron chi connectivity index (χ2n) is 4.15. The van der Waals surface area contributed by atoms with Crippen molar-refractivity contribution >= 4 is 12.4 Å². The summed E-state index contributed by atoms with van der Waals surface area (Å²) in [6.07, 6.45) is 1.41. The first-order valence-corrected chi connectivity index (χ1v) is 5.86. The summed E-state index contributed by atoms with van der Waals surface area (Å²) in [5, 5.41) is 3.28. The van der Waals surface area contributed by atoms with Crippen molar-refractivity contribution in [3.8, 4) is 11.5 Å². The molecule has 0 radical (unpaired) electrons. The van der Waals surface area contributed by atoms with Crippen LogP contribution in [-0.2, 0) is 11.3 Å². The second kappa shape index (κ2) is 7.46. The quantitative estimate of drug-likeness (QED) is 0.891. The van der Waals surface area contributed by atoms with Crippen LogP contribution in [0.15, 0.2) is 18.2 Å². The Balaban J connectivity index is 0.00000162. The third kappa shape index (κ3) is 4.05. The summed E-state index contributed by atoms with van der Waals surface area (Å²) in [7, 11) is 3.31. The molecule has 2 rings (SSSR count). The van der Waals surface area contributed by atoms with Gasteiger partial charge in [-0.05, 0) is 30.7 Å². The Morgan fingerprint density at radius 3 is 2.33 bits per heavy atom. The number of rotatable bonds is 5. The topological polar surface area (TPSA) is 39.7 Å². The first kappa shape index (κ1) is 15.1. The smallest absolute Gasteiger partial charge is 0.122 e. The van der Waals surface area contributed by atoms with Gasteiger partial charge in [-0.25, -0.2) is 0 Å². The highest BCUT2D eigenvalue weighted by Crippen LogP contribution is 2.23. The van der Waals surface area contributed by atoms with Gasteiger partial charge in [0, 0.05) is 12.6 Å². The van der Waals surface area contributed by atoms with E-state index in [4.69, 9.17) is 14.2 Å². The summed E-state index contributed by atoms with van der Waals surface area (Å²) >= 11 is 0. The molecule has 1 N–H and O–H groups in total. The molecule has 1 aromatic rings. The van der Waals surface area contributed by atoms with Crippen LogP contribution in [0.4, 0.5) is 0 Å². The number of benzene rings is 1. The van der Waals surface area contributed by atoms with E-state index in [1.54, 1.807) is 14.2 Å². The highest BCUT2D eigenvalue weighted by molar-refractivity contribution is 5.85. The molecule has 0 spiro atoms. The molecular weight excluding hydrogens is 254 g/mol. The molecule has 102 valence electrons. The Hall–Kier alpha value is -0.970. The van der Waals surface area contributed by atoms with Crippen molar-refractivity contribution in [2.75, 3.05) is 27.3 Å². The van der Waals surface area contributed by atoms with E-state index < -0.39 is 0 Å². The van der Waals surface area contributed by atoms with Gasteiger partial charge in [0.15, 0.2) is 0 Å². The van der Waals surface area contributed by atoms with Gasteiger partial charge in [0.25, 0.3) is 0 Å². The molecule has 1 unspecified atom stereocenters. The van der Waals surface area contributed by atoms with Crippen LogP contribution in [0, 0.1) is 0 Å². The van der Waals surface area contributed by atoms with Crippen LogP contribution < -0.4 is 14.8 Å². The Bertz CT molecular complexity index is 345. The molecule has 4 nitrogen and oxygen atoms in total. The zero-order valence-corrected chi connectivity index (χ0v) is 11.6. The van der Waals surface area contributed by atoms with Crippen LogP contribution in [0.25, 0.3) is 0 Å². The number of halogens is 1. The molecule has 1 saturated heterocycles. The number of nitrogens with one attached hydrogen (secondary N) is 1. The van der Waals surface area contributed by atoms with Gasteiger partial charge >= 0.3 is 0 Å². The van der Waals surface area contributed by atoms with Crippen LogP contribution in [0.3, 0.4) is 0 Å². The highest BCUT2D eigenvalue weighted by Gasteiger charge is 2.14. The van der Waals surface area contributed by atoms with Gasteiger partial charge in [0.05, 0.1) is 26.9 Å². The summed E-state index contributed by atoms with van der Waals surface area (Å²) in [5.74, 6) is 1.60. The van der Waals surface area contributed by atoms with Gasteiger partial charge < -0.3 is 19.5 Å². The lowest BCUT2D eigenvalue weighted by Gasteiger charge is -2.12. The molecule has 1 fully saturated rings. The first-order chi connectivity index (χ1) is 8.31. The van der Waals surface area contributed by atoms with Crippen molar-refractivity contribution in [1.82, 2.24) is 5.32 Å². The normalized spacial score (nSPS) is 18.2. The maximum Gasteiger partial charge on any atom is 0.122 e. The number of ether oxygens (including phenoxy) is 3. The molecular formula is C13H20ClNO3. The molecule has 1 heterocycles. The van der Waals surface area contributed by atoms with E-state index in [0.29, 0.717) is 12.7 Å². The summed E-state index contributed by atoms with van der Waals surface area (Å²) < 4.78 is 16.3. The third-order valence-corrected chi connectivity index (χ3v) is 2.91. The molecule has 0 aromatic heterocycles. The van der Waals surface area contributed by atoms with E-state index in [2.05, 4.69) is 5.32 Å². The van der Waals surface area contributed by atoms with Crippen molar-refractivity contribution in [3.63, 3.8) is 0 Å². The first-order valence-electron chi connectivity index (χ1n) is 5.86. The molecule has 0 saturated carbocycles. The fourth-order valence-electron chi connectivity index (χ4n) is 1.93. The van der Waals surface area contributed by atoms with Gasteiger partial charge in [-0.2, -0.15) is 0 Å². The maximum atomic E-state index is 5.81. The minimum absolute atomic E-state index is 0. The van der Waals surface area contributed by atoms with Crippen LogP contribution in [0.1, 0.15) is 12.0 Å². The molecule has 1 aliphatic rings. The number of methoxy groups -OCH3 is 2. The molecule has 0 amide bonds. The highest BCUT2D eigenvalue weighted by atomic mass is 35.5. The molecule has 1 aromatic carbocycles. The zero-order valence-electron chi connectivity index (χ0n) is 10.8. The van der Waals surface area contributed by atoms with Crippen molar-refractivity contribution < 1.29 is 14.2 Å². The Kier molecular flexibility index (Phi) is 6.25. The molecule has 1 aliphatic heterocycles. The SMILES string of the molecule is COc1cc(COC2CCNC2)cc(OC)c1.Cl. The lowest BCUT2D eigenvalue weighted by Crippen LogP contribution is -2.16. The lowest BCUT2D eigenvalue weighted by molar-refractivity contribution is 0.0540. The molecule has 0 aliphatic carbocycles. The molecule has 18 heavy (non-hydrogen) atoms. The van der Waals surface area contributed by atoms with Gasteiger partial charge in [0.2, 0.25) is 0 Å². The average Bonchev–Trinajstić information content (AvgIpc) is 2.89. The van der Waals surface area contributed by atoms with Crippen LogP contribution >= 0.6 is 12.4 Å². The fourth-order valence-corrected chi connectivity index (χ4v) is 1.93. The number of hydrogen-bond acceptors (Lipinski definition) is 4. The third-order valence-electron chi connectivity index (χ3n) is 2.91. The van der Waals surface area contributed by atoms with E-state index in [1.165, 1.54) is 0 Å². The summed E-state index contributed by atoms with van der Waals surface area (Å²) in [6.45, 7) is 2.59. The van der Waals surface area contributed by atoms with Gasteiger partial charge in [-0.15, -0.1) is 12.4 Å². The Morgan fingerprint density at radius 1 is 1.17 bits per heavy atom. The summed E-state index contributed by atoms with van der Waals surface area (Å²) in [4.78, 5) is 0. The summed E-state index contributed by atoms with van der Waals surface area (Å²) in [5.41, 5.74) is 1.08. The standard InChI is InChI=1S/C13H19NO3.ClH/c1-15-12-5-10(6-13(7-12)16-2)9-17-11-3-4-14-8-11;/h5-7,11,14H,3-4,8-9H2,1-2H3;1H. The Morgan fingerprint density at radius 2 is 1.83 bits per heavy atom. The van der Waals surface area contributed by atoms with E-state index >= 15 is 0 Å². The average molecular weight is 274 g/mol. The molecule has 1 atom stereocenters. The van der Waals surface area contributed by atoms with Crippen molar-refractivity contribution in [2.45, 2.75) is 19.1 Å². The van der Waals surface area contributed by atoms with Crippen molar-refractivity contribution in [1.29, 1.82) is 0 Å². The number of hydrogen-bond donors (Lipinski definition) is 1. The molecule has 0 bridgehead atoms. The van der Waals surface area contributed by atoms with Crippen LogP contribution in [-0.4, -0.2) is 33.4 Å². The van der Waals surface area contributed by atoms with Crippen LogP contribution in [0.2, 0.25) is 0 Å². The van der Waals surface area contributed by atoms with Gasteiger partial charge in [-0.1, -0.05) is 0 Å². The van der Waals surface area contributed by atoms with Crippen LogP contribution in [0.5, 0.6) is 11.5 Å². The fraction of sp³-hybridized carbons (Fsp3) is 0.538. The monoisotopic (exact) mass is 273 g/mol. The second-order valence-corrected chi connectivity index (χ2v) is 4.15. The maximum absolute atomic E-state index is 5.81. The van der Waals surface area contributed by atoms with Gasteiger partial charge in [-0.3, -0.25) is 0 Å². The lowest BCUT2D eigenvalue weighted by atomic mass is 10.2. The molecule has 5 heteroatoms. The summed E-state index contributed by atoms with van der Waals surface area (Å²) in [6, 6.07) is 5.82. The van der Waals surface area contributed by atoms with Gasteiger partial charge in [0.1, 0.15) is 11.5 Å². The predicted molar refractivity (Wildman–Crippen MR) is 72.9 cm³/mol. The van der Waals surface area contributed by atoms with Crippen molar-refractivity contribution in [3.05, 3.63) is 23.8 Å². The van der Waals surface area contributed by atoms with E-state index in [9.17, 15) is 0 Å². The van der Waals surface area contributed by atoms with Crippen molar-refractivity contribution in [2.24, 2.45) is 0 Å². The largest absolute Gasteiger partial charge is 0.497 e. The Labute approximate surface area is 114 Å². The minimum Gasteiger partial charge on any atom is -0.497 e. The van der Waals surface area contributed by atoms with E-state index in [1.807, 2.05) is 18.2 Å². The zero-order chi connectivity index (χ0) is 12.1. The van der Waals surface area contributed by atoms with E-state index in [-0.39, 0.29) is 12.4 Å². The predicted octanol–water partition coefficient (Wildman–Crippen LogP) is 2.00.